The Morgan fingerprint density at radius 2 is 1.89 bits per heavy atom. The SMILES string of the molecule is CCC1C=NC(Nc2nc(-c3ccccc3C(F)(F)F)nc3ncccc23)=N1. The van der Waals surface area contributed by atoms with Gasteiger partial charge in [-0.05, 0) is 24.6 Å². The van der Waals surface area contributed by atoms with E-state index >= 15 is 0 Å². The maximum atomic E-state index is 13.4. The lowest BCUT2D eigenvalue weighted by Crippen LogP contribution is -2.12. The first-order valence-corrected chi connectivity index (χ1v) is 8.64. The lowest BCUT2D eigenvalue weighted by atomic mass is 10.1. The van der Waals surface area contributed by atoms with Crippen LogP contribution < -0.4 is 5.32 Å². The van der Waals surface area contributed by atoms with Crippen LogP contribution in [0.4, 0.5) is 19.0 Å². The van der Waals surface area contributed by atoms with Gasteiger partial charge in [0.1, 0.15) is 5.82 Å². The highest BCUT2D eigenvalue weighted by Crippen LogP contribution is 2.36. The van der Waals surface area contributed by atoms with Crippen LogP contribution in [0.25, 0.3) is 22.4 Å². The molecule has 0 spiro atoms. The van der Waals surface area contributed by atoms with Gasteiger partial charge >= 0.3 is 6.18 Å². The number of hydrogen-bond donors (Lipinski definition) is 1. The first-order valence-electron chi connectivity index (χ1n) is 8.64. The summed E-state index contributed by atoms with van der Waals surface area (Å²) >= 11 is 0. The smallest absolute Gasteiger partial charge is 0.308 e. The van der Waals surface area contributed by atoms with Gasteiger partial charge in [-0.2, -0.15) is 13.2 Å². The number of aromatic nitrogens is 3. The van der Waals surface area contributed by atoms with Crippen LogP contribution in [0.1, 0.15) is 18.9 Å². The van der Waals surface area contributed by atoms with E-state index < -0.39 is 11.7 Å². The number of nitrogens with one attached hydrogen (secondary N) is 1. The first-order chi connectivity index (χ1) is 13.5. The molecule has 6 nitrogen and oxygen atoms in total. The number of alkyl halides is 3. The van der Waals surface area contributed by atoms with Crippen molar-refractivity contribution in [3.63, 3.8) is 0 Å². The lowest BCUT2D eigenvalue weighted by Gasteiger charge is -2.13. The molecule has 1 unspecified atom stereocenters. The predicted octanol–water partition coefficient (Wildman–Crippen LogP) is 4.34. The third kappa shape index (κ3) is 3.42. The molecule has 4 rings (SSSR count). The zero-order valence-corrected chi connectivity index (χ0v) is 14.8. The first kappa shape index (κ1) is 18.0. The molecule has 1 aliphatic heterocycles. The molecule has 0 saturated carbocycles. The highest BCUT2D eigenvalue weighted by atomic mass is 19.4. The predicted molar refractivity (Wildman–Crippen MR) is 101 cm³/mol. The maximum absolute atomic E-state index is 13.4. The van der Waals surface area contributed by atoms with Crippen molar-refractivity contribution in [3.05, 3.63) is 48.2 Å². The number of guanidine groups is 1. The zero-order chi connectivity index (χ0) is 19.7. The van der Waals surface area contributed by atoms with Gasteiger partial charge in [-0.15, -0.1) is 0 Å². The van der Waals surface area contributed by atoms with Gasteiger partial charge in [-0.3, -0.25) is 0 Å². The van der Waals surface area contributed by atoms with Crippen molar-refractivity contribution in [2.45, 2.75) is 25.6 Å². The molecule has 0 amide bonds. The number of pyridine rings is 1. The quantitative estimate of drug-likeness (QED) is 0.729. The summed E-state index contributed by atoms with van der Waals surface area (Å²) in [4.78, 5) is 21.4. The molecule has 9 heteroatoms. The number of anilines is 1. The Morgan fingerprint density at radius 3 is 2.64 bits per heavy atom. The van der Waals surface area contributed by atoms with Gasteiger partial charge in [0.25, 0.3) is 0 Å². The Balaban J connectivity index is 1.85. The number of benzene rings is 1. The van der Waals surface area contributed by atoms with E-state index in [4.69, 9.17) is 0 Å². The molecule has 3 aromatic rings. The summed E-state index contributed by atoms with van der Waals surface area (Å²) in [5.41, 5.74) is -0.644. The molecular weight excluding hydrogens is 369 g/mol. The number of aliphatic imine (C=N–C) groups is 2. The number of nitrogens with zero attached hydrogens (tertiary/aromatic N) is 5. The normalized spacial score (nSPS) is 16.4. The van der Waals surface area contributed by atoms with Crippen LogP contribution in [0.3, 0.4) is 0 Å². The van der Waals surface area contributed by atoms with Crippen molar-refractivity contribution in [1.82, 2.24) is 15.0 Å². The van der Waals surface area contributed by atoms with E-state index in [2.05, 4.69) is 30.3 Å². The molecule has 0 aliphatic carbocycles. The fourth-order valence-electron chi connectivity index (χ4n) is 2.85. The third-order valence-corrected chi connectivity index (χ3v) is 4.25. The van der Waals surface area contributed by atoms with Crippen molar-refractivity contribution in [1.29, 1.82) is 0 Å². The average molecular weight is 384 g/mol. The number of hydrogen-bond acceptors (Lipinski definition) is 6. The second-order valence-corrected chi connectivity index (χ2v) is 6.15. The summed E-state index contributed by atoms with van der Waals surface area (Å²) in [6, 6.07) is 8.60. The summed E-state index contributed by atoms with van der Waals surface area (Å²) in [7, 11) is 0. The van der Waals surface area contributed by atoms with Gasteiger partial charge in [0.2, 0.25) is 5.96 Å². The minimum Gasteiger partial charge on any atom is -0.308 e. The summed E-state index contributed by atoms with van der Waals surface area (Å²) < 4.78 is 40.3. The van der Waals surface area contributed by atoms with Crippen LogP contribution in [-0.4, -0.2) is 33.2 Å². The molecule has 2 aromatic heterocycles. The van der Waals surface area contributed by atoms with Crippen molar-refractivity contribution in [3.8, 4) is 11.4 Å². The average Bonchev–Trinajstić information content (AvgIpc) is 3.15. The molecule has 1 atom stereocenters. The Bertz CT molecular complexity index is 1090. The van der Waals surface area contributed by atoms with Crippen molar-refractivity contribution >= 4 is 29.0 Å². The molecule has 1 N–H and O–H groups in total. The van der Waals surface area contributed by atoms with E-state index in [0.717, 1.165) is 12.5 Å². The third-order valence-electron chi connectivity index (χ3n) is 4.25. The van der Waals surface area contributed by atoms with Gasteiger partial charge in [-0.25, -0.2) is 24.9 Å². The summed E-state index contributed by atoms with van der Waals surface area (Å²) in [5, 5.41) is 3.56. The largest absolute Gasteiger partial charge is 0.417 e. The Kier molecular flexibility index (Phi) is 4.50. The number of halogens is 3. The highest BCUT2D eigenvalue weighted by molar-refractivity contribution is 6.06. The van der Waals surface area contributed by atoms with Gasteiger partial charge in [0.15, 0.2) is 11.5 Å². The fraction of sp³-hybridized carbons (Fsp3) is 0.211. The molecular formula is C19H15F3N6. The van der Waals surface area contributed by atoms with Crippen molar-refractivity contribution in [2.24, 2.45) is 9.98 Å². The second kappa shape index (κ2) is 6.99. The standard InChI is InChI=1S/C19H15F3N6/c1-2-11-10-24-18(25-11)28-17-13-7-5-9-23-15(13)26-16(27-17)12-6-3-4-8-14(12)19(20,21)22/h3-11H,2H2,1H3,(H,23,25,26,27,28). The molecule has 3 heterocycles. The van der Waals surface area contributed by atoms with Crippen LogP contribution in [0.15, 0.2) is 52.6 Å². The molecule has 142 valence electrons. The molecule has 0 fully saturated rings. The monoisotopic (exact) mass is 384 g/mol. The Labute approximate surface area is 158 Å². The van der Waals surface area contributed by atoms with E-state index in [1.165, 1.54) is 24.4 Å². The topological polar surface area (TPSA) is 75.4 Å². The summed E-state index contributed by atoms with van der Waals surface area (Å²) in [5.74, 6) is 0.583. The summed E-state index contributed by atoms with van der Waals surface area (Å²) in [6.07, 6.45) is -0.494. The van der Waals surface area contributed by atoms with Crippen LogP contribution >= 0.6 is 0 Å². The Hall–Kier alpha value is -3.36. The van der Waals surface area contributed by atoms with Crippen molar-refractivity contribution in [2.75, 3.05) is 5.32 Å². The number of fused-ring (bicyclic) bond motifs is 1. The van der Waals surface area contributed by atoms with Gasteiger partial charge < -0.3 is 5.32 Å². The number of rotatable bonds is 3. The van der Waals surface area contributed by atoms with Crippen LogP contribution in [0.2, 0.25) is 0 Å². The van der Waals surface area contributed by atoms with Gasteiger partial charge in [0.05, 0.1) is 17.0 Å². The molecule has 0 radical (unpaired) electrons. The maximum Gasteiger partial charge on any atom is 0.417 e. The van der Waals surface area contributed by atoms with E-state index in [9.17, 15) is 13.2 Å². The minimum atomic E-state index is -4.53. The van der Waals surface area contributed by atoms with Gasteiger partial charge in [0, 0.05) is 18.0 Å². The highest BCUT2D eigenvalue weighted by Gasteiger charge is 2.34. The molecule has 1 aliphatic rings. The van der Waals surface area contributed by atoms with E-state index in [1.807, 2.05) is 6.92 Å². The van der Waals surface area contributed by atoms with Crippen LogP contribution in [-0.2, 0) is 6.18 Å². The molecule has 1 aromatic carbocycles. The van der Waals surface area contributed by atoms with Crippen LogP contribution in [0, 0.1) is 0 Å². The van der Waals surface area contributed by atoms with Gasteiger partial charge in [-0.1, -0.05) is 25.1 Å². The second-order valence-electron chi connectivity index (χ2n) is 6.15. The molecule has 0 saturated heterocycles. The van der Waals surface area contributed by atoms with E-state index in [1.54, 1.807) is 18.3 Å². The van der Waals surface area contributed by atoms with Crippen LogP contribution in [0.5, 0.6) is 0 Å². The minimum absolute atomic E-state index is 0.0286. The van der Waals surface area contributed by atoms with E-state index in [-0.39, 0.29) is 23.1 Å². The lowest BCUT2D eigenvalue weighted by molar-refractivity contribution is -0.137. The fourth-order valence-corrected chi connectivity index (χ4v) is 2.85. The molecule has 0 bridgehead atoms. The summed E-state index contributed by atoms with van der Waals surface area (Å²) in [6.45, 7) is 1.99. The van der Waals surface area contributed by atoms with E-state index in [0.29, 0.717) is 17.2 Å². The zero-order valence-electron chi connectivity index (χ0n) is 14.8. The Morgan fingerprint density at radius 1 is 1.07 bits per heavy atom. The molecule has 28 heavy (non-hydrogen) atoms. The van der Waals surface area contributed by atoms with Crippen molar-refractivity contribution < 1.29 is 13.2 Å².